The number of nitrogens with one attached hydrogen (secondary N) is 1. The third-order valence-corrected chi connectivity index (χ3v) is 2.53. The Balaban J connectivity index is 3.23. The van der Waals surface area contributed by atoms with Crippen molar-refractivity contribution in [2.45, 2.75) is 13.8 Å². The Bertz CT molecular complexity index is 372. The number of ketones is 1. The zero-order chi connectivity index (χ0) is 11.4. The van der Waals surface area contributed by atoms with E-state index in [2.05, 4.69) is 5.32 Å². The summed E-state index contributed by atoms with van der Waals surface area (Å²) in [5.74, 6) is 0.717. The maximum Gasteiger partial charge on any atom is 0.180 e. The lowest BCUT2D eigenvalue weighted by Gasteiger charge is -2.12. The number of hydrogen-bond acceptors (Lipinski definition) is 3. The zero-order valence-electron chi connectivity index (χ0n) is 9.68. The van der Waals surface area contributed by atoms with Crippen LogP contribution in [0.15, 0.2) is 12.1 Å². The van der Waals surface area contributed by atoms with Gasteiger partial charge in [-0.15, -0.1) is 0 Å². The lowest BCUT2D eigenvalue weighted by molar-refractivity contribution is 0.0990. The molecule has 0 aliphatic heterocycles. The second-order valence-electron chi connectivity index (χ2n) is 3.54. The largest absolute Gasteiger partial charge is 0.496 e. The maximum absolute atomic E-state index is 11.9. The Kier molecular flexibility index (Phi) is 3.86. The van der Waals surface area contributed by atoms with E-state index in [4.69, 9.17) is 4.74 Å². The van der Waals surface area contributed by atoms with Crippen molar-refractivity contribution >= 4 is 5.78 Å². The van der Waals surface area contributed by atoms with Crippen LogP contribution >= 0.6 is 0 Å². The minimum atomic E-state index is 0.0653. The fourth-order valence-corrected chi connectivity index (χ4v) is 1.56. The highest BCUT2D eigenvalue weighted by atomic mass is 16.5. The number of likely N-dealkylation sites (N-methyl/N-ethyl adjacent to an activating group) is 1. The van der Waals surface area contributed by atoms with Crippen molar-refractivity contribution in [2.75, 3.05) is 20.7 Å². The Morgan fingerprint density at radius 2 is 2.07 bits per heavy atom. The number of Topliss-reactive ketones (excluding diaryl/α,β-unsaturated/α-hetero) is 1. The molecule has 1 aromatic rings. The van der Waals surface area contributed by atoms with Gasteiger partial charge in [0.1, 0.15) is 5.75 Å². The van der Waals surface area contributed by atoms with Crippen LogP contribution in [0.1, 0.15) is 21.5 Å². The summed E-state index contributed by atoms with van der Waals surface area (Å²) in [7, 11) is 3.34. The lowest BCUT2D eigenvalue weighted by atomic mass is 9.99. The molecule has 1 rings (SSSR count). The molecule has 0 spiro atoms. The van der Waals surface area contributed by atoms with E-state index in [0.717, 1.165) is 11.1 Å². The van der Waals surface area contributed by atoms with Crippen molar-refractivity contribution in [2.24, 2.45) is 0 Å². The van der Waals surface area contributed by atoms with Gasteiger partial charge < -0.3 is 10.1 Å². The molecule has 0 saturated heterocycles. The van der Waals surface area contributed by atoms with E-state index in [0.29, 0.717) is 17.9 Å². The molecule has 3 nitrogen and oxygen atoms in total. The van der Waals surface area contributed by atoms with Gasteiger partial charge in [0.25, 0.3) is 0 Å². The Hall–Kier alpha value is -1.35. The average Bonchev–Trinajstić information content (AvgIpc) is 2.22. The average molecular weight is 207 g/mol. The number of carbonyl (C=O) groups excluding carboxylic acids is 1. The summed E-state index contributed by atoms with van der Waals surface area (Å²) in [6.45, 7) is 4.27. The van der Waals surface area contributed by atoms with Crippen LogP contribution in [0.5, 0.6) is 5.75 Å². The van der Waals surface area contributed by atoms with Crippen LogP contribution in [0.4, 0.5) is 0 Å². The molecular weight excluding hydrogens is 190 g/mol. The number of carbonyl (C=O) groups is 1. The second kappa shape index (κ2) is 4.94. The molecule has 0 bridgehead atoms. The molecule has 1 N–H and O–H groups in total. The van der Waals surface area contributed by atoms with Gasteiger partial charge in [0.2, 0.25) is 0 Å². The van der Waals surface area contributed by atoms with E-state index < -0.39 is 0 Å². The minimum absolute atomic E-state index is 0.0653. The predicted molar refractivity (Wildman–Crippen MR) is 60.7 cm³/mol. The molecule has 0 atom stereocenters. The molecule has 0 unspecified atom stereocenters. The summed E-state index contributed by atoms with van der Waals surface area (Å²) < 4.78 is 5.20. The van der Waals surface area contributed by atoms with Crippen LogP contribution in [0.25, 0.3) is 0 Å². The first kappa shape index (κ1) is 11.7. The predicted octanol–water partition coefficient (Wildman–Crippen LogP) is 1.71. The van der Waals surface area contributed by atoms with Gasteiger partial charge in [-0.2, -0.15) is 0 Å². The summed E-state index contributed by atoms with van der Waals surface area (Å²) >= 11 is 0. The highest BCUT2D eigenvalue weighted by Crippen LogP contribution is 2.24. The number of methoxy groups -OCH3 is 1. The van der Waals surface area contributed by atoms with Crippen molar-refractivity contribution < 1.29 is 9.53 Å². The van der Waals surface area contributed by atoms with Gasteiger partial charge in [0.05, 0.1) is 19.2 Å². The molecule has 0 amide bonds. The summed E-state index contributed by atoms with van der Waals surface area (Å²) in [5, 5.41) is 2.86. The third kappa shape index (κ3) is 2.36. The van der Waals surface area contributed by atoms with Crippen LogP contribution in [-0.2, 0) is 0 Å². The van der Waals surface area contributed by atoms with Gasteiger partial charge in [-0.3, -0.25) is 4.79 Å². The van der Waals surface area contributed by atoms with Gasteiger partial charge >= 0.3 is 0 Å². The Labute approximate surface area is 90.4 Å². The van der Waals surface area contributed by atoms with E-state index in [-0.39, 0.29) is 5.78 Å². The van der Waals surface area contributed by atoms with Crippen LogP contribution in [0.2, 0.25) is 0 Å². The van der Waals surface area contributed by atoms with Crippen LogP contribution in [-0.4, -0.2) is 26.5 Å². The van der Waals surface area contributed by atoms with E-state index in [1.165, 1.54) is 0 Å². The summed E-state index contributed by atoms with van der Waals surface area (Å²) in [5.41, 5.74) is 2.79. The SMILES string of the molecule is CNCC(=O)c1c(OC)ccc(C)c1C. The fourth-order valence-electron chi connectivity index (χ4n) is 1.56. The quantitative estimate of drug-likeness (QED) is 0.764. The molecule has 15 heavy (non-hydrogen) atoms. The van der Waals surface area contributed by atoms with E-state index in [1.54, 1.807) is 14.2 Å². The van der Waals surface area contributed by atoms with Gasteiger partial charge in [0, 0.05) is 0 Å². The molecule has 0 saturated carbocycles. The monoisotopic (exact) mass is 207 g/mol. The van der Waals surface area contributed by atoms with Crippen molar-refractivity contribution in [3.05, 3.63) is 28.8 Å². The van der Waals surface area contributed by atoms with Crippen molar-refractivity contribution in [1.29, 1.82) is 0 Å². The molecular formula is C12H17NO2. The first-order chi connectivity index (χ1) is 7.11. The van der Waals surface area contributed by atoms with Crippen LogP contribution in [0.3, 0.4) is 0 Å². The van der Waals surface area contributed by atoms with E-state index in [9.17, 15) is 4.79 Å². The standard InChI is InChI=1S/C12H17NO2/c1-8-5-6-11(15-4)12(9(8)2)10(14)7-13-3/h5-6,13H,7H2,1-4H3. The molecule has 0 aliphatic carbocycles. The normalized spacial score (nSPS) is 10.1. The minimum Gasteiger partial charge on any atom is -0.496 e. The molecule has 3 heteroatoms. The van der Waals surface area contributed by atoms with Crippen molar-refractivity contribution in [3.63, 3.8) is 0 Å². The Morgan fingerprint density at radius 1 is 1.40 bits per heavy atom. The van der Waals surface area contributed by atoms with E-state index >= 15 is 0 Å². The molecule has 82 valence electrons. The summed E-state index contributed by atoms with van der Waals surface area (Å²) in [6.07, 6.45) is 0. The zero-order valence-corrected chi connectivity index (χ0v) is 9.68. The van der Waals surface area contributed by atoms with Crippen LogP contribution in [0, 0.1) is 13.8 Å². The topological polar surface area (TPSA) is 38.3 Å². The smallest absolute Gasteiger partial charge is 0.180 e. The molecule has 0 heterocycles. The molecule has 0 fully saturated rings. The van der Waals surface area contributed by atoms with Gasteiger partial charge in [-0.1, -0.05) is 6.07 Å². The van der Waals surface area contributed by atoms with Crippen molar-refractivity contribution in [1.82, 2.24) is 5.32 Å². The number of ether oxygens (including phenoxy) is 1. The first-order valence-corrected chi connectivity index (χ1v) is 4.93. The van der Waals surface area contributed by atoms with Gasteiger partial charge in [-0.05, 0) is 38.1 Å². The number of hydrogen-bond donors (Lipinski definition) is 1. The highest BCUT2D eigenvalue weighted by Gasteiger charge is 2.15. The summed E-state index contributed by atoms with van der Waals surface area (Å²) in [6, 6.07) is 3.80. The maximum atomic E-state index is 11.9. The highest BCUT2D eigenvalue weighted by molar-refractivity contribution is 6.01. The Morgan fingerprint density at radius 3 is 2.60 bits per heavy atom. The van der Waals surface area contributed by atoms with E-state index in [1.807, 2.05) is 26.0 Å². The van der Waals surface area contributed by atoms with Gasteiger partial charge in [-0.25, -0.2) is 0 Å². The summed E-state index contributed by atoms with van der Waals surface area (Å²) in [4.78, 5) is 11.9. The number of rotatable bonds is 4. The molecule has 0 aromatic heterocycles. The van der Waals surface area contributed by atoms with Crippen LogP contribution < -0.4 is 10.1 Å². The van der Waals surface area contributed by atoms with Gasteiger partial charge in [0.15, 0.2) is 5.78 Å². The fraction of sp³-hybridized carbons (Fsp3) is 0.417. The van der Waals surface area contributed by atoms with Crippen molar-refractivity contribution in [3.8, 4) is 5.75 Å². The number of benzene rings is 1. The number of aryl methyl sites for hydroxylation is 1. The molecule has 0 radical (unpaired) electrons. The first-order valence-electron chi connectivity index (χ1n) is 4.93. The lowest BCUT2D eigenvalue weighted by Crippen LogP contribution is -2.20. The molecule has 0 aliphatic rings. The third-order valence-electron chi connectivity index (χ3n) is 2.53. The molecule has 1 aromatic carbocycles. The second-order valence-corrected chi connectivity index (χ2v) is 3.54.